The summed E-state index contributed by atoms with van der Waals surface area (Å²) >= 11 is 0. The smallest absolute Gasteiger partial charge is 0.0479 e. The molecule has 1 aromatic heterocycles. The number of aromatic nitrogens is 1. The normalized spacial score (nSPS) is 15.1. The fourth-order valence-corrected chi connectivity index (χ4v) is 4.59. The van der Waals surface area contributed by atoms with E-state index in [0.29, 0.717) is 11.8 Å². The molecule has 2 aromatic carbocycles. The number of fused-ring (bicyclic) bond motifs is 2. The largest absolute Gasteiger partial charge is 0.347 e. The van der Waals surface area contributed by atoms with Crippen molar-refractivity contribution in [3.8, 4) is 0 Å². The minimum absolute atomic E-state index is 0.595. The maximum Gasteiger partial charge on any atom is 0.0479 e. The molecule has 1 unspecified atom stereocenters. The molecule has 4 rings (SSSR count). The van der Waals surface area contributed by atoms with Gasteiger partial charge in [0, 0.05) is 18.3 Å². The Morgan fingerprint density at radius 3 is 2.03 bits per heavy atom. The second kappa shape index (κ2) is 10.8. The topological polar surface area (TPSA) is 4.93 Å². The first kappa shape index (κ1) is 24.3. The van der Waals surface area contributed by atoms with Crippen LogP contribution in [-0.4, -0.2) is 4.57 Å². The lowest BCUT2D eigenvalue weighted by molar-refractivity contribution is 0.403. The SMILES string of the molecule is CC.CC(C)c1cc2ccccc2n1C.CC(C)c1cccc2c1CC(C(C)C)C2. The van der Waals surface area contributed by atoms with Crippen molar-refractivity contribution in [1.82, 2.24) is 4.57 Å². The van der Waals surface area contributed by atoms with E-state index in [4.69, 9.17) is 0 Å². The van der Waals surface area contributed by atoms with E-state index < -0.39 is 0 Å². The molecule has 0 fully saturated rings. The average Bonchev–Trinajstić information content (AvgIpc) is 3.32. The molecule has 1 heteroatoms. The first-order valence-corrected chi connectivity index (χ1v) is 11.9. The fraction of sp³-hybridized carbons (Fsp3) is 0.517. The molecule has 1 aliphatic carbocycles. The Hall–Kier alpha value is -2.02. The predicted octanol–water partition coefficient (Wildman–Crippen LogP) is 8.51. The number of nitrogens with zero attached hydrogens (tertiary/aromatic N) is 1. The molecule has 3 aromatic rings. The van der Waals surface area contributed by atoms with Crippen LogP contribution in [0.4, 0.5) is 0 Å². The maximum absolute atomic E-state index is 2.35. The summed E-state index contributed by atoms with van der Waals surface area (Å²) in [5, 5.41) is 1.34. The molecule has 1 atom stereocenters. The molecule has 0 aliphatic heterocycles. The number of benzene rings is 2. The van der Waals surface area contributed by atoms with Crippen LogP contribution in [0.1, 0.15) is 89.6 Å². The van der Waals surface area contributed by atoms with Gasteiger partial charge >= 0.3 is 0 Å². The van der Waals surface area contributed by atoms with E-state index in [1.165, 1.54) is 29.4 Å². The second-order valence-electron chi connectivity index (χ2n) is 9.39. The van der Waals surface area contributed by atoms with Crippen LogP contribution in [0.25, 0.3) is 10.9 Å². The number of hydrogen-bond donors (Lipinski definition) is 0. The molecule has 1 nitrogen and oxygen atoms in total. The molecule has 1 heterocycles. The second-order valence-corrected chi connectivity index (χ2v) is 9.39. The summed E-state index contributed by atoms with van der Waals surface area (Å²) in [4.78, 5) is 0. The van der Waals surface area contributed by atoms with Crippen molar-refractivity contribution in [2.45, 2.75) is 80.1 Å². The zero-order valence-corrected chi connectivity index (χ0v) is 20.8. The highest BCUT2D eigenvalue weighted by Crippen LogP contribution is 2.35. The van der Waals surface area contributed by atoms with Crippen molar-refractivity contribution in [1.29, 1.82) is 0 Å². The Morgan fingerprint density at radius 1 is 0.800 bits per heavy atom. The Morgan fingerprint density at radius 2 is 1.47 bits per heavy atom. The molecular formula is C29H43N. The van der Waals surface area contributed by atoms with Gasteiger partial charge in [0.05, 0.1) is 0 Å². The van der Waals surface area contributed by atoms with E-state index in [2.05, 4.69) is 102 Å². The molecule has 164 valence electrons. The highest BCUT2D eigenvalue weighted by atomic mass is 14.9. The van der Waals surface area contributed by atoms with Crippen LogP contribution in [0.3, 0.4) is 0 Å². The summed E-state index contributed by atoms with van der Waals surface area (Å²) in [5.41, 5.74) is 7.58. The monoisotopic (exact) mass is 405 g/mol. The molecule has 0 bridgehead atoms. The van der Waals surface area contributed by atoms with Gasteiger partial charge in [-0.15, -0.1) is 0 Å². The summed E-state index contributed by atoms with van der Waals surface area (Å²) in [5.74, 6) is 2.96. The number of rotatable bonds is 3. The molecule has 0 amide bonds. The Bertz CT molecular complexity index is 927. The lowest BCUT2D eigenvalue weighted by Crippen LogP contribution is -2.08. The molecule has 0 N–H and O–H groups in total. The minimum atomic E-state index is 0.595. The maximum atomic E-state index is 2.35. The number of para-hydroxylation sites is 1. The van der Waals surface area contributed by atoms with Gasteiger partial charge in [-0.3, -0.25) is 0 Å². The molecule has 0 radical (unpaired) electrons. The van der Waals surface area contributed by atoms with Gasteiger partial charge in [0.2, 0.25) is 0 Å². The third-order valence-corrected chi connectivity index (χ3v) is 6.40. The molecular weight excluding hydrogens is 362 g/mol. The van der Waals surface area contributed by atoms with Crippen LogP contribution in [-0.2, 0) is 19.9 Å². The van der Waals surface area contributed by atoms with E-state index >= 15 is 0 Å². The van der Waals surface area contributed by atoms with Gasteiger partial charge in [-0.2, -0.15) is 0 Å². The van der Waals surface area contributed by atoms with Crippen molar-refractivity contribution < 1.29 is 0 Å². The minimum Gasteiger partial charge on any atom is -0.347 e. The van der Waals surface area contributed by atoms with E-state index in [1.807, 2.05) is 13.8 Å². The van der Waals surface area contributed by atoms with Gasteiger partial charge in [-0.25, -0.2) is 0 Å². The first-order valence-electron chi connectivity index (χ1n) is 11.9. The zero-order chi connectivity index (χ0) is 22.4. The van der Waals surface area contributed by atoms with Gasteiger partial charge in [0.15, 0.2) is 0 Å². The van der Waals surface area contributed by atoms with Gasteiger partial charge in [0.25, 0.3) is 0 Å². The Labute approximate surface area is 185 Å². The van der Waals surface area contributed by atoms with Crippen LogP contribution >= 0.6 is 0 Å². The zero-order valence-electron chi connectivity index (χ0n) is 20.8. The molecule has 30 heavy (non-hydrogen) atoms. The highest BCUT2D eigenvalue weighted by Gasteiger charge is 2.26. The fourth-order valence-electron chi connectivity index (χ4n) is 4.59. The van der Waals surface area contributed by atoms with Crippen molar-refractivity contribution in [3.63, 3.8) is 0 Å². The number of hydrogen-bond acceptors (Lipinski definition) is 0. The standard InChI is InChI=1S/C15H22.C12H15N.C2H6/c1-10(2)13-8-12-6-5-7-14(11(3)4)15(12)9-13;1-9(2)12-8-10-6-4-5-7-11(10)13(12)3;1-2/h5-7,10-11,13H,8-9H2,1-4H3;4-9H,1-3H3;1-2H3. The summed E-state index contributed by atoms with van der Waals surface area (Å²) in [7, 11) is 2.14. The third-order valence-electron chi connectivity index (χ3n) is 6.40. The van der Waals surface area contributed by atoms with E-state index in [-0.39, 0.29) is 0 Å². The summed E-state index contributed by atoms with van der Waals surface area (Å²) in [6.45, 7) is 17.8. The lowest BCUT2D eigenvalue weighted by Gasteiger charge is -2.14. The third kappa shape index (κ3) is 5.36. The quantitative estimate of drug-likeness (QED) is 0.411. The molecule has 1 aliphatic rings. The molecule has 0 spiro atoms. The van der Waals surface area contributed by atoms with E-state index in [0.717, 1.165) is 11.8 Å². The van der Waals surface area contributed by atoms with E-state index in [9.17, 15) is 0 Å². The Balaban J connectivity index is 0.000000199. The summed E-state index contributed by atoms with van der Waals surface area (Å²) < 4.78 is 2.28. The van der Waals surface area contributed by atoms with Gasteiger partial charge in [-0.05, 0) is 70.7 Å². The van der Waals surface area contributed by atoms with Crippen LogP contribution in [0, 0.1) is 11.8 Å². The Kier molecular flexibility index (Phi) is 8.77. The average molecular weight is 406 g/mol. The summed E-state index contributed by atoms with van der Waals surface area (Å²) in [6.07, 6.45) is 2.61. The van der Waals surface area contributed by atoms with Gasteiger partial charge < -0.3 is 4.57 Å². The van der Waals surface area contributed by atoms with Crippen LogP contribution in [0.15, 0.2) is 48.5 Å². The van der Waals surface area contributed by atoms with Crippen molar-refractivity contribution in [3.05, 3.63) is 70.9 Å². The van der Waals surface area contributed by atoms with Crippen molar-refractivity contribution >= 4 is 10.9 Å². The van der Waals surface area contributed by atoms with Crippen LogP contribution in [0.2, 0.25) is 0 Å². The van der Waals surface area contributed by atoms with Crippen LogP contribution < -0.4 is 0 Å². The molecule has 0 saturated carbocycles. The summed E-state index contributed by atoms with van der Waals surface area (Å²) in [6, 6.07) is 17.7. The highest BCUT2D eigenvalue weighted by molar-refractivity contribution is 5.81. The first-order chi connectivity index (χ1) is 14.3. The molecule has 0 saturated heterocycles. The predicted molar refractivity (Wildman–Crippen MR) is 135 cm³/mol. The van der Waals surface area contributed by atoms with Gasteiger partial charge in [-0.1, -0.05) is 91.8 Å². The van der Waals surface area contributed by atoms with Crippen molar-refractivity contribution in [2.24, 2.45) is 18.9 Å². The lowest BCUT2D eigenvalue weighted by atomic mass is 9.91. The van der Waals surface area contributed by atoms with Crippen molar-refractivity contribution in [2.75, 3.05) is 0 Å². The van der Waals surface area contributed by atoms with Gasteiger partial charge in [0.1, 0.15) is 0 Å². The number of aryl methyl sites for hydroxylation is 1. The van der Waals surface area contributed by atoms with E-state index in [1.54, 1.807) is 16.7 Å². The van der Waals surface area contributed by atoms with Crippen LogP contribution in [0.5, 0.6) is 0 Å².